The summed E-state index contributed by atoms with van der Waals surface area (Å²) in [7, 11) is 1.42. The molecule has 0 radical (unpaired) electrons. The minimum atomic E-state index is -0.356. The van der Waals surface area contributed by atoms with E-state index >= 15 is 0 Å². The van der Waals surface area contributed by atoms with Crippen LogP contribution in [0.1, 0.15) is 11.1 Å². The maximum absolute atomic E-state index is 12.9. The Labute approximate surface area is 70.2 Å². The normalized spacial score (nSPS) is 9.17. The van der Waals surface area contributed by atoms with Crippen molar-refractivity contribution < 1.29 is 9.13 Å². The van der Waals surface area contributed by atoms with Crippen molar-refractivity contribution in [2.75, 3.05) is 7.11 Å². The highest BCUT2D eigenvalue weighted by atomic mass is 19.1. The fourth-order valence-corrected chi connectivity index (χ4v) is 1.02. The molecule has 0 unspecified atom stereocenters. The fraction of sp³-hybridized carbons (Fsp3) is 0.222. The highest BCUT2D eigenvalue weighted by Crippen LogP contribution is 2.24. The minimum Gasteiger partial charge on any atom is -0.495 e. The van der Waals surface area contributed by atoms with Crippen LogP contribution >= 0.6 is 0 Å². The summed E-state index contributed by atoms with van der Waals surface area (Å²) < 4.78 is 17.8. The lowest BCUT2D eigenvalue weighted by atomic mass is 10.1. The van der Waals surface area contributed by atoms with E-state index in [1.165, 1.54) is 19.2 Å². The molecular formula is C9H8FNO. The molecule has 0 aliphatic carbocycles. The maximum Gasteiger partial charge on any atom is 0.142 e. The molecule has 0 aromatic heterocycles. The summed E-state index contributed by atoms with van der Waals surface area (Å²) in [5.41, 5.74) is 0.730. The van der Waals surface area contributed by atoms with Crippen molar-refractivity contribution in [2.45, 2.75) is 6.92 Å². The Morgan fingerprint density at radius 3 is 2.67 bits per heavy atom. The molecule has 0 heterocycles. The van der Waals surface area contributed by atoms with Crippen molar-refractivity contribution in [2.24, 2.45) is 0 Å². The Balaban J connectivity index is 3.38. The maximum atomic E-state index is 12.9. The molecule has 0 bridgehead atoms. The Morgan fingerprint density at radius 2 is 2.17 bits per heavy atom. The van der Waals surface area contributed by atoms with E-state index < -0.39 is 0 Å². The molecule has 0 atom stereocenters. The van der Waals surface area contributed by atoms with Crippen LogP contribution in [0.15, 0.2) is 12.1 Å². The molecule has 1 aromatic carbocycles. The predicted octanol–water partition coefficient (Wildman–Crippen LogP) is 2.01. The number of nitrogens with zero attached hydrogens (tertiary/aromatic N) is 1. The minimum absolute atomic E-state index is 0.317. The fourth-order valence-electron chi connectivity index (χ4n) is 1.02. The summed E-state index contributed by atoms with van der Waals surface area (Å²) in [6.07, 6.45) is 0. The van der Waals surface area contributed by atoms with Crippen molar-refractivity contribution in [1.82, 2.24) is 0 Å². The number of rotatable bonds is 1. The van der Waals surface area contributed by atoms with Crippen molar-refractivity contribution in [1.29, 1.82) is 5.26 Å². The summed E-state index contributed by atoms with van der Waals surface area (Å²) in [6.45, 7) is 1.58. The molecule has 0 amide bonds. The van der Waals surface area contributed by atoms with Gasteiger partial charge in [0.25, 0.3) is 0 Å². The van der Waals surface area contributed by atoms with Gasteiger partial charge in [0.2, 0.25) is 0 Å². The molecule has 12 heavy (non-hydrogen) atoms. The summed E-state index contributed by atoms with van der Waals surface area (Å²) in [4.78, 5) is 0. The molecule has 0 saturated heterocycles. The molecule has 0 aliphatic rings. The summed E-state index contributed by atoms with van der Waals surface area (Å²) in [5, 5.41) is 8.61. The standard InChI is InChI=1S/C9H8FNO/c1-6-8(10)4-3-7(5-11)9(6)12-2/h3-4H,1-2H3. The van der Waals surface area contributed by atoms with Crippen LogP contribution in [0.5, 0.6) is 5.75 Å². The lowest BCUT2D eigenvalue weighted by Gasteiger charge is -2.06. The van der Waals surface area contributed by atoms with Crippen molar-refractivity contribution in [3.63, 3.8) is 0 Å². The van der Waals surface area contributed by atoms with Crippen LogP contribution in [-0.4, -0.2) is 7.11 Å². The third-order valence-corrected chi connectivity index (χ3v) is 1.66. The lowest BCUT2D eigenvalue weighted by molar-refractivity contribution is 0.406. The highest BCUT2D eigenvalue weighted by Gasteiger charge is 2.09. The van der Waals surface area contributed by atoms with Crippen molar-refractivity contribution >= 4 is 0 Å². The third-order valence-electron chi connectivity index (χ3n) is 1.66. The summed E-state index contributed by atoms with van der Waals surface area (Å²) in [6, 6.07) is 4.59. The second-order valence-electron chi connectivity index (χ2n) is 2.36. The smallest absolute Gasteiger partial charge is 0.142 e. The molecule has 0 aliphatic heterocycles. The lowest BCUT2D eigenvalue weighted by Crippen LogP contribution is -1.93. The Kier molecular flexibility index (Phi) is 2.29. The number of halogens is 1. The first-order valence-corrected chi connectivity index (χ1v) is 3.44. The first-order chi connectivity index (χ1) is 5.70. The monoisotopic (exact) mass is 165 g/mol. The van der Waals surface area contributed by atoms with Gasteiger partial charge in [-0.1, -0.05) is 0 Å². The van der Waals surface area contributed by atoms with E-state index in [-0.39, 0.29) is 5.82 Å². The van der Waals surface area contributed by atoms with Gasteiger partial charge in [-0.15, -0.1) is 0 Å². The van der Waals surface area contributed by atoms with E-state index in [4.69, 9.17) is 10.00 Å². The number of hydrogen-bond acceptors (Lipinski definition) is 2. The molecule has 3 heteroatoms. The Hall–Kier alpha value is -1.56. The van der Waals surface area contributed by atoms with E-state index in [0.717, 1.165) is 0 Å². The molecule has 1 rings (SSSR count). The van der Waals surface area contributed by atoms with Gasteiger partial charge in [-0.3, -0.25) is 0 Å². The predicted molar refractivity (Wildman–Crippen MR) is 42.4 cm³/mol. The van der Waals surface area contributed by atoms with Gasteiger partial charge in [-0.05, 0) is 19.1 Å². The van der Waals surface area contributed by atoms with Gasteiger partial charge >= 0.3 is 0 Å². The summed E-state index contributed by atoms with van der Waals surface area (Å²) >= 11 is 0. The van der Waals surface area contributed by atoms with Gasteiger partial charge in [-0.2, -0.15) is 5.26 Å². The van der Waals surface area contributed by atoms with E-state index in [1.807, 2.05) is 6.07 Å². The first kappa shape index (κ1) is 8.54. The van der Waals surface area contributed by atoms with Crippen LogP contribution in [0.25, 0.3) is 0 Å². The third kappa shape index (κ3) is 1.24. The molecule has 0 spiro atoms. The van der Waals surface area contributed by atoms with E-state index in [1.54, 1.807) is 6.92 Å². The van der Waals surface area contributed by atoms with Crippen molar-refractivity contribution in [3.8, 4) is 11.8 Å². The van der Waals surface area contributed by atoms with Crippen LogP contribution in [0.3, 0.4) is 0 Å². The summed E-state index contributed by atoms with van der Waals surface area (Å²) in [5.74, 6) is -0.0386. The van der Waals surface area contributed by atoms with Crippen LogP contribution in [0.4, 0.5) is 4.39 Å². The number of nitriles is 1. The van der Waals surface area contributed by atoms with E-state index in [2.05, 4.69) is 0 Å². The first-order valence-electron chi connectivity index (χ1n) is 3.44. The molecule has 0 saturated carbocycles. The molecule has 1 aromatic rings. The largest absolute Gasteiger partial charge is 0.495 e. The zero-order valence-corrected chi connectivity index (χ0v) is 6.89. The van der Waals surface area contributed by atoms with Gasteiger partial charge in [0.05, 0.1) is 12.7 Å². The van der Waals surface area contributed by atoms with Gasteiger partial charge in [0, 0.05) is 5.56 Å². The Bertz CT molecular complexity index is 341. The number of ether oxygens (including phenoxy) is 1. The van der Waals surface area contributed by atoms with Crippen LogP contribution in [0, 0.1) is 24.1 Å². The number of methoxy groups -OCH3 is 1. The van der Waals surface area contributed by atoms with E-state index in [0.29, 0.717) is 16.9 Å². The van der Waals surface area contributed by atoms with Crippen molar-refractivity contribution in [3.05, 3.63) is 29.1 Å². The SMILES string of the molecule is COc1c(C#N)ccc(F)c1C. The van der Waals surface area contributed by atoms with Gasteiger partial charge < -0.3 is 4.74 Å². The molecular weight excluding hydrogens is 157 g/mol. The average Bonchev–Trinajstić information content (AvgIpc) is 2.09. The zero-order chi connectivity index (χ0) is 9.14. The highest BCUT2D eigenvalue weighted by molar-refractivity contribution is 5.48. The second kappa shape index (κ2) is 3.22. The second-order valence-corrected chi connectivity index (χ2v) is 2.36. The van der Waals surface area contributed by atoms with Crippen LogP contribution < -0.4 is 4.74 Å². The molecule has 0 fully saturated rings. The van der Waals surface area contributed by atoms with Gasteiger partial charge in [0.15, 0.2) is 0 Å². The van der Waals surface area contributed by atoms with Crippen LogP contribution in [-0.2, 0) is 0 Å². The molecule has 0 N–H and O–H groups in total. The van der Waals surface area contributed by atoms with E-state index in [9.17, 15) is 4.39 Å². The zero-order valence-electron chi connectivity index (χ0n) is 6.89. The van der Waals surface area contributed by atoms with Crippen LogP contribution in [0.2, 0.25) is 0 Å². The van der Waals surface area contributed by atoms with Gasteiger partial charge in [0.1, 0.15) is 17.6 Å². The average molecular weight is 165 g/mol. The molecule has 2 nitrogen and oxygen atoms in total. The number of benzene rings is 1. The quantitative estimate of drug-likeness (QED) is 0.637. The molecule has 62 valence electrons. The topological polar surface area (TPSA) is 33.0 Å². The van der Waals surface area contributed by atoms with Gasteiger partial charge in [-0.25, -0.2) is 4.39 Å². The Morgan fingerprint density at radius 1 is 1.50 bits per heavy atom. The number of hydrogen-bond donors (Lipinski definition) is 0.